The number of aromatic nitrogens is 1. The fraction of sp³-hybridized carbons (Fsp3) is 0.619. The van der Waals surface area contributed by atoms with Gasteiger partial charge in [0.25, 0.3) is 0 Å². The van der Waals surface area contributed by atoms with Crippen molar-refractivity contribution in [2.24, 2.45) is 23.2 Å². The first-order chi connectivity index (χ1) is 12.5. The maximum Gasteiger partial charge on any atom is 0.311 e. The summed E-state index contributed by atoms with van der Waals surface area (Å²) in [7, 11) is 0. The van der Waals surface area contributed by atoms with Gasteiger partial charge >= 0.3 is 5.97 Å². The highest BCUT2D eigenvalue weighted by molar-refractivity contribution is 5.76. The molecular weight excluding hydrogens is 328 g/mol. The summed E-state index contributed by atoms with van der Waals surface area (Å²) in [6, 6.07) is 5.80. The van der Waals surface area contributed by atoms with Gasteiger partial charge < -0.3 is 15.2 Å². The summed E-state index contributed by atoms with van der Waals surface area (Å²) in [4.78, 5) is 16.8. The molecule has 0 radical (unpaired) electrons. The van der Waals surface area contributed by atoms with Gasteiger partial charge in [0.2, 0.25) is 0 Å². The van der Waals surface area contributed by atoms with Crippen molar-refractivity contribution >= 4 is 5.97 Å². The van der Waals surface area contributed by atoms with Crippen LogP contribution in [0.1, 0.15) is 38.8 Å². The molecule has 2 aliphatic carbocycles. The number of fused-ring (bicyclic) bond motifs is 2. The summed E-state index contributed by atoms with van der Waals surface area (Å²) in [5.74, 6) is -0.202. The van der Waals surface area contributed by atoms with Crippen molar-refractivity contribution in [1.82, 2.24) is 10.3 Å². The van der Waals surface area contributed by atoms with Crippen LogP contribution >= 0.6 is 0 Å². The molecule has 0 bridgehead atoms. The van der Waals surface area contributed by atoms with Crippen LogP contribution in [0.3, 0.4) is 0 Å². The third-order valence-corrected chi connectivity index (χ3v) is 6.97. The molecule has 0 amide bonds. The monoisotopic (exact) mass is 356 g/mol. The molecular formula is C21H28N2O3. The Hall–Kier alpha value is -1.72. The van der Waals surface area contributed by atoms with E-state index in [9.17, 15) is 9.90 Å². The van der Waals surface area contributed by atoms with Gasteiger partial charge in [0, 0.05) is 37.0 Å². The number of esters is 1. The molecule has 1 aliphatic heterocycles. The van der Waals surface area contributed by atoms with E-state index in [-0.39, 0.29) is 29.3 Å². The third-order valence-electron chi connectivity index (χ3n) is 6.97. The van der Waals surface area contributed by atoms with Crippen LogP contribution in [0.5, 0.6) is 0 Å². The first-order valence-corrected chi connectivity index (χ1v) is 9.70. The number of aliphatic hydroxyl groups excluding tert-OH is 1. The average Bonchev–Trinajstić information content (AvgIpc) is 2.94. The van der Waals surface area contributed by atoms with Gasteiger partial charge in [-0.15, -0.1) is 0 Å². The van der Waals surface area contributed by atoms with E-state index in [1.807, 2.05) is 18.2 Å². The first kappa shape index (κ1) is 17.7. The van der Waals surface area contributed by atoms with Gasteiger partial charge in [0.05, 0.1) is 17.7 Å². The zero-order valence-electron chi connectivity index (χ0n) is 15.5. The van der Waals surface area contributed by atoms with Gasteiger partial charge in [0.1, 0.15) is 6.10 Å². The quantitative estimate of drug-likeness (QED) is 0.640. The van der Waals surface area contributed by atoms with Gasteiger partial charge in [-0.25, -0.2) is 0 Å². The van der Waals surface area contributed by atoms with E-state index in [0.29, 0.717) is 19.0 Å². The van der Waals surface area contributed by atoms with Crippen LogP contribution < -0.4 is 5.32 Å². The summed E-state index contributed by atoms with van der Waals surface area (Å²) in [6.45, 7) is 5.52. The Kier molecular flexibility index (Phi) is 4.61. The Bertz CT molecular complexity index is 704. The standard InChI is InChI=1S/C21H28N2O3/c1-13-6-5-7-14-10-17-18(19(24)21(13,14)2)16(20(25)26-17)12-22-11-15-8-3-4-9-23-15/h3-4,7-9,13,16-19,22,24H,5-6,10-12H2,1-2H3. The molecule has 4 rings (SSSR count). The number of ether oxygens (including phenoxy) is 1. The second-order valence-corrected chi connectivity index (χ2v) is 8.25. The largest absolute Gasteiger partial charge is 0.461 e. The molecule has 3 aliphatic rings. The van der Waals surface area contributed by atoms with Crippen molar-refractivity contribution in [3.05, 3.63) is 41.7 Å². The smallest absolute Gasteiger partial charge is 0.311 e. The van der Waals surface area contributed by atoms with E-state index in [0.717, 1.165) is 25.0 Å². The fourth-order valence-electron chi connectivity index (χ4n) is 5.16. The number of hydrogen-bond donors (Lipinski definition) is 2. The van der Waals surface area contributed by atoms with Gasteiger partial charge in [-0.3, -0.25) is 9.78 Å². The highest BCUT2D eigenvalue weighted by Gasteiger charge is 2.59. The van der Waals surface area contributed by atoms with Gasteiger partial charge in [-0.05, 0) is 30.9 Å². The topological polar surface area (TPSA) is 71.5 Å². The number of aliphatic hydroxyl groups is 1. The molecule has 1 saturated heterocycles. The van der Waals surface area contributed by atoms with Crippen molar-refractivity contribution in [3.8, 4) is 0 Å². The maximum atomic E-state index is 12.5. The average molecular weight is 356 g/mol. The number of nitrogens with zero attached hydrogens (tertiary/aromatic N) is 1. The molecule has 5 heteroatoms. The molecule has 1 saturated carbocycles. The summed E-state index contributed by atoms with van der Waals surface area (Å²) in [5, 5.41) is 14.6. The number of carbonyl (C=O) groups excluding carboxylic acids is 1. The minimum atomic E-state index is -0.545. The normalized spacial score (nSPS) is 39.0. The van der Waals surface area contributed by atoms with Gasteiger partial charge in [-0.2, -0.15) is 0 Å². The lowest BCUT2D eigenvalue weighted by atomic mass is 9.55. The Labute approximate surface area is 154 Å². The highest BCUT2D eigenvalue weighted by Crippen LogP contribution is 2.55. The molecule has 140 valence electrons. The molecule has 1 aromatic rings. The number of allylic oxidation sites excluding steroid dienone is 1. The van der Waals surface area contributed by atoms with Gasteiger partial charge in [-0.1, -0.05) is 31.6 Å². The lowest BCUT2D eigenvalue weighted by Gasteiger charge is -2.51. The van der Waals surface area contributed by atoms with Crippen molar-refractivity contribution in [2.45, 2.75) is 51.9 Å². The number of nitrogens with one attached hydrogen (secondary N) is 1. The molecule has 2 N–H and O–H groups in total. The lowest BCUT2D eigenvalue weighted by molar-refractivity contribution is -0.144. The van der Waals surface area contributed by atoms with Crippen molar-refractivity contribution in [2.75, 3.05) is 6.54 Å². The minimum Gasteiger partial charge on any atom is -0.461 e. The molecule has 0 aromatic carbocycles. The Balaban J connectivity index is 1.50. The number of carbonyl (C=O) groups is 1. The molecule has 26 heavy (non-hydrogen) atoms. The molecule has 1 aromatic heterocycles. The summed E-state index contributed by atoms with van der Waals surface area (Å²) in [6.07, 6.45) is 6.21. The lowest BCUT2D eigenvalue weighted by Crippen LogP contribution is -2.54. The predicted molar refractivity (Wildman–Crippen MR) is 98.0 cm³/mol. The zero-order chi connectivity index (χ0) is 18.3. The van der Waals surface area contributed by atoms with Crippen LogP contribution in [0.2, 0.25) is 0 Å². The minimum absolute atomic E-state index is 0.138. The summed E-state index contributed by atoms with van der Waals surface area (Å²) < 4.78 is 5.68. The number of pyridine rings is 1. The highest BCUT2D eigenvalue weighted by atomic mass is 16.6. The van der Waals surface area contributed by atoms with E-state index in [2.05, 4.69) is 30.2 Å². The van der Waals surface area contributed by atoms with Crippen LogP contribution in [0.4, 0.5) is 0 Å². The number of hydrogen-bond acceptors (Lipinski definition) is 5. The van der Waals surface area contributed by atoms with Crippen LogP contribution in [0, 0.1) is 23.2 Å². The van der Waals surface area contributed by atoms with E-state index in [4.69, 9.17) is 4.74 Å². The van der Waals surface area contributed by atoms with Crippen LogP contribution in [-0.4, -0.2) is 34.8 Å². The van der Waals surface area contributed by atoms with Crippen molar-refractivity contribution in [3.63, 3.8) is 0 Å². The molecule has 2 fully saturated rings. The van der Waals surface area contributed by atoms with Crippen LogP contribution in [0.25, 0.3) is 0 Å². The Morgan fingerprint density at radius 2 is 2.27 bits per heavy atom. The van der Waals surface area contributed by atoms with E-state index < -0.39 is 6.10 Å². The number of rotatable bonds is 4. The second kappa shape index (κ2) is 6.78. The van der Waals surface area contributed by atoms with Crippen LogP contribution in [0.15, 0.2) is 36.0 Å². The second-order valence-electron chi connectivity index (χ2n) is 8.25. The van der Waals surface area contributed by atoms with Crippen molar-refractivity contribution in [1.29, 1.82) is 0 Å². The van der Waals surface area contributed by atoms with Crippen molar-refractivity contribution < 1.29 is 14.6 Å². The Morgan fingerprint density at radius 3 is 3.04 bits per heavy atom. The Morgan fingerprint density at radius 1 is 1.42 bits per heavy atom. The van der Waals surface area contributed by atoms with E-state index >= 15 is 0 Å². The van der Waals surface area contributed by atoms with E-state index in [1.165, 1.54) is 5.57 Å². The summed E-state index contributed by atoms with van der Waals surface area (Å²) >= 11 is 0. The fourth-order valence-corrected chi connectivity index (χ4v) is 5.16. The first-order valence-electron chi connectivity index (χ1n) is 9.70. The van der Waals surface area contributed by atoms with Crippen LogP contribution in [-0.2, 0) is 16.1 Å². The predicted octanol–water partition coefficient (Wildman–Crippen LogP) is 2.46. The SMILES string of the molecule is CC1CCC=C2CC3OC(=O)C(CNCc4ccccn4)C3C(O)C21C. The summed E-state index contributed by atoms with van der Waals surface area (Å²) in [5.41, 5.74) is 1.98. The molecule has 5 nitrogen and oxygen atoms in total. The van der Waals surface area contributed by atoms with Gasteiger partial charge in [0.15, 0.2) is 0 Å². The van der Waals surface area contributed by atoms with E-state index in [1.54, 1.807) is 6.20 Å². The molecule has 6 atom stereocenters. The maximum absolute atomic E-state index is 12.5. The third kappa shape index (κ3) is 2.78. The molecule has 0 spiro atoms. The zero-order valence-corrected chi connectivity index (χ0v) is 15.5. The molecule has 2 heterocycles. The molecule has 6 unspecified atom stereocenters.